The van der Waals surface area contributed by atoms with Gasteiger partial charge in [0.2, 0.25) is 0 Å². The van der Waals surface area contributed by atoms with E-state index in [9.17, 15) is 24.6 Å². The van der Waals surface area contributed by atoms with E-state index in [-0.39, 0.29) is 24.3 Å². The lowest BCUT2D eigenvalue weighted by atomic mass is 9.82. The summed E-state index contributed by atoms with van der Waals surface area (Å²) >= 11 is 0. The molecule has 1 amide bonds. The molecular formula is C39H36N8O5. The zero-order valence-corrected chi connectivity index (χ0v) is 28.3. The Morgan fingerprint density at radius 2 is 1.52 bits per heavy atom. The largest absolute Gasteiger partial charge is 0.396 e. The SMILES string of the molecule is C[C@H](/C=C/CCn1cc(CCO)nn1)[C@@]1(O)C(=O)N(Cc2cccc(-n3[nH]c4ccccc4c3=O)c2)c2ccc(-n3[nH]c4ccccc4c3=O)cc21. The van der Waals surface area contributed by atoms with Crippen molar-refractivity contribution in [2.45, 2.75) is 38.5 Å². The third-order valence-corrected chi connectivity index (χ3v) is 9.77. The van der Waals surface area contributed by atoms with Crippen LogP contribution in [0.1, 0.15) is 30.2 Å². The standard InChI is InChI=1S/C39H36N8O5/c1-25(9-6-7-19-44-24-27(18-20-48)40-43-44)39(52)32-22-29(47-37(50)31-13-3-5-15-34(31)42-47)16-17-35(32)45(38(39)51)23-26-10-8-11-28(21-26)46-36(49)30-12-2-4-14-33(30)41-46/h2-6,8-17,21-22,24-25,41-42,48,52H,7,18-20,23H2,1H3/b9-6+/t25-,39+/m1/s1. The fourth-order valence-electron chi connectivity index (χ4n) is 7.01. The molecule has 0 fully saturated rings. The molecule has 13 nitrogen and oxygen atoms in total. The summed E-state index contributed by atoms with van der Waals surface area (Å²) in [4.78, 5) is 42.6. The molecule has 1 aliphatic heterocycles. The summed E-state index contributed by atoms with van der Waals surface area (Å²) in [6.07, 6.45) is 6.50. The number of aliphatic hydroxyl groups excluding tert-OH is 1. The van der Waals surface area contributed by atoms with Gasteiger partial charge in [-0.1, -0.05) is 60.7 Å². The molecule has 0 saturated carbocycles. The number of nitrogens with zero attached hydrogens (tertiary/aromatic N) is 6. The minimum Gasteiger partial charge on any atom is -0.396 e. The van der Waals surface area contributed by atoms with Crippen molar-refractivity contribution in [3.05, 3.63) is 147 Å². The average molecular weight is 697 g/mol. The fourth-order valence-corrected chi connectivity index (χ4v) is 7.01. The Labute approximate surface area is 296 Å². The molecule has 262 valence electrons. The molecule has 7 aromatic rings. The molecule has 0 aliphatic carbocycles. The van der Waals surface area contributed by atoms with Crippen molar-refractivity contribution in [2.75, 3.05) is 11.5 Å². The Hall–Kier alpha value is -6.31. The predicted molar refractivity (Wildman–Crippen MR) is 197 cm³/mol. The van der Waals surface area contributed by atoms with E-state index in [2.05, 4.69) is 20.5 Å². The lowest BCUT2D eigenvalue weighted by molar-refractivity contribution is -0.139. The van der Waals surface area contributed by atoms with Crippen LogP contribution in [0.2, 0.25) is 0 Å². The molecule has 1 aliphatic rings. The Morgan fingerprint density at radius 1 is 0.846 bits per heavy atom. The van der Waals surface area contributed by atoms with Crippen LogP contribution in [0.5, 0.6) is 0 Å². The van der Waals surface area contributed by atoms with Gasteiger partial charge in [0.05, 0.1) is 51.1 Å². The number of benzene rings is 4. The van der Waals surface area contributed by atoms with E-state index in [1.165, 1.54) is 9.36 Å². The number of aromatic amines is 2. The number of rotatable bonds is 11. The normalized spacial score (nSPS) is 16.4. The van der Waals surface area contributed by atoms with Crippen molar-refractivity contribution >= 4 is 33.4 Å². The maximum atomic E-state index is 14.5. The number of fused-ring (bicyclic) bond motifs is 3. The molecule has 2 atom stereocenters. The Bertz CT molecular complexity index is 2610. The summed E-state index contributed by atoms with van der Waals surface area (Å²) in [5.41, 5.74) is 2.45. The highest BCUT2D eigenvalue weighted by Gasteiger charge is 2.52. The van der Waals surface area contributed by atoms with Gasteiger partial charge in [0.25, 0.3) is 17.0 Å². The lowest BCUT2D eigenvalue weighted by Crippen LogP contribution is -2.44. The first-order valence-electron chi connectivity index (χ1n) is 17.1. The highest BCUT2D eigenvalue weighted by molar-refractivity contribution is 6.07. The number of carbonyl (C=O) groups is 1. The maximum absolute atomic E-state index is 14.5. The molecule has 0 saturated heterocycles. The summed E-state index contributed by atoms with van der Waals surface area (Å²) in [6.45, 7) is 2.44. The van der Waals surface area contributed by atoms with E-state index in [1.54, 1.807) is 59.1 Å². The first-order valence-corrected chi connectivity index (χ1v) is 17.1. The van der Waals surface area contributed by atoms with Crippen molar-refractivity contribution in [1.29, 1.82) is 0 Å². The van der Waals surface area contributed by atoms with Crippen LogP contribution in [0.4, 0.5) is 5.69 Å². The number of anilines is 1. The number of aliphatic hydroxyl groups is 2. The summed E-state index contributed by atoms with van der Waals surface area (Å²) < 4.78 is 4.59. The van der Waals surface area contributed by atoms with Crippen LogP contribution < -0.4 is 16.0 Å². The van der Waals surface area contributed by atoms with E-state index in [4.69, 9.17) is 0 Å². The third-order valence-electron chi connectivity index (χ3n) is 9.77. The van der Waals surface area contributed by atoms with Crippen LogP contribution in [0, 0.1) is 5.92 Å². The van der Waals surface area contributed by atoms with Crippen LogP contribution in [0.3, 0.4) is 0 Å². The molecule has 0 spiro atoms. The molecule has 3 aromatic heterocycles. The topological polar surface area (TPSA) is 167 Å². The minimum atomic E-state index is -1.95. The van der Waals surface area contributed by atoms with Gasteiger partial charge in [-0.25, -0.2) is 9.36 Å². The van der Waals surface area contributed by atoms with Gasteiger partial charge in [0.15, 0.2) is 5.60 Å². The van der Waals surface area contributed by atoms with Gasteiger partial charge in [0.1, 0.15) is 0 Å². The Kier molecular flexibility index (Phi) is 8.28. The van der Waals surface area contributed by atoms with E-state index in [1.807, 2.05) is 66.7 Å². The Balaban J connectivity index is 1.14. The van der Waals surface area contributed by atoms with Gasteiger partial charge >= 0.3 is 0 Å². The van der Waals surface area contributed by atoms with E-state index >= 15 is 0 Å². The number of para-hydroxylation sites is 2. The second-order valence-corrected chi connectivity index (χ2v) is 13.1. The van der Waals surface area contributed by atoms with Crippen LogP contribution in [-0.4, -0.2) is 57.3 Å². The van der Waals surface area contributed by atoms with Crippen molar-refractivity contribution in [3.63, 3.8) is 0 Å². The molecule has 0 unspecified atom stereocenters. The first-order chi connectivity index (χ1) is 25.3. The average Bonchev–Trinajstić information content (AvgIpc) is 3.91. The van der Waals surface area contributed by atoms with Gasteiger partial charge < -0.3 is 15.1 Å². The molecule has 52 heavy (non-hydrogen) atoms. The first kappa shape index (κ1) is 32.9. The van der Waals surface area contributed by atoms with Crippen molar-refractivity contribution in [2.24, 2.45) is 5.92 Å². The number of aromatic nitrogens is 7. The number of amides is 1. The quantitative estimate of drug-likeness (QED) is 0.148. The number of H-pyrrole nitrogens is 2. The third kappa shape index (κ3) is 5.56. The predicted octanol–water partition coefficient (Wildman–Crippen LogP) is 4.09. The van der Waals surface area contributed by atoms with Crippen molar-refractivity contribution in [3.8, 4) is 11.4 Å². The lowest BCUT2D eigenvalue weighted by Gasteiger charge is -2.28. The summed E-state index contributed by atoms with van der Waals surface area (Å²) in [5, 5.41) is 37.2. The van der Waals surface area contributed by atoms with E-state index < -0.39 is 17.4 Å². The fraction of sp³-hybridized carbons (Fsp3) is 0.205. The second-order valence-electron chi connectivity index (χ2n) is 13.1. The Morgan fingerprint density at radius 3 is 2.19 bits per heavy atom. The summed E-state index contributed by atoms with van der Waals surface area (Å²) in [5.74, 6) is -1.16. The zero-order chi connectivity index (χ0) is 36.0. The summed E-state index contributed by atoms with van der Waals surface area (Å²) in [7, 11) is 0. The van der Waals surface area contributed by atoms with Gasteiger partial charge in [-0.05, 0) is 66.6 Å². The van der Waals surface area contributed by atoms with Crippen LogP contribution in [0.25, 0.3) is 33.2 Å². The number of nitrogens with one attached hydrogen (secondary N) is 2. The van der Waals surface area contributed by atoms with Crippen LogP contribution in [0.15, 0.2) is 119 Å². The second kappa shape index (κ2) is 13.1. The zero-order valence-electron chi connectivity index (χ0n) is 28.3. The molecular weight excluding hydrogens is 660 g/mol. The van der Waals surface area contributed by atoms with Gasteiger partial charge in [-0.15, -0.1) is 5.10 Å². The van der Waals surface area contributed by atoms with Gasteiger partial charge in [-0.2, -0.15) is 0 Å². The maximum Gasteiger partial charge on any atom is 0.279 e. The van der Waals surface area contributed by atoms with Crippen LogP contribution in [-0.2, 0) is 29.9 Å². The molecule has 13 heteroatoms. The number of aryl methyl sites for hydroxylation is 1. The molecule has 4 N–H and O–H groups in total. The van der Waals surface area contributed by atoms with E-state index in [0.717, 1.165) is 5.56 Å². The van der Waals surface area contributed by atoms with Gasteiger partial charge in [-0.3, -0.25) is 29.3 Å². The van der Waals surface area contributed by atoms with Gasteiger partial charge in [0, 0.05) is 37.3 Å². The van der Waals surface area contributed by atoms with Crippen molar-refractivity contribution < 1.29 is 15.0 Å². The number of allylic oxidation sites excluding steroid dienone is 1. The highest BCUT2D eigenvalue weighted by atomic mass is 16.3. The van der Waals surface area contributed by atoms with E-state index in [0.29, 0.717) is 69.5 Å². The minimum absolute atomic E-state index is 0.00655. The number of hydrogen-bond donors (Lipinski definition) is 4. The summed E-state index contributed by atoms with van der Waals surface area (Å²) in [6, 6.07) is 27.1. The monoisotopic (exact) mass is 696 g/mol. The molecule has 4 aromatic carbocycles. The molecule has 8 rings (SSSR count). The molecule has 0 bridgehead atoms. The smallest absolute Gasteiger partial charge is 0.279 e. The van der Waals surface area contributed by atoms with Crippen LogP contribution >= 0.6 is 0 Å². The molecule has 0 radical (unpaired) electrons. The highest BCUT2D eigenvalue weighted by Crippen LogP contribution is 2.46. The number of hydrogen-bond acceptors (Lipinski definition) is 7. The number of carbonyl (C=O) groups excluding carboxylic acids is 1. The van der Waals surface area contributed by atoms with Crippen molar-refractivity contribution in [1.82, 2.24) is 34.6 Å². The molecule has 4 heterocycles.